The average molecular weight is 279 g/mol. The SMILES string of the molecule is CCNC(=O)[C@H](C)NC(=O)COC(=O)c1ccccn1. The van der Waals surface area contributed by atoms with Crippen LogP contribution in [0.4, 0.5) is 0 Å². The van der Waals surface area contributed by atoms with Crippen LogP contribution in [-0.2, 0) is 14.3 Å². The molecule has 1 aromatic rings. The predicted octanol–water partition coefficient (Wildman–Crippen LogP) is -0.121. The molecule has 1 aromatic heterocycles. The van der Waals surface area contributed by atoms with E-state index in [-0.39, 0.29) is 11.6 Å². The van der Waals surface area contributed by atoms with E-state index >= 15 is 0 Å². The first kappa shape index (κ1) is 15.6. The summed E-state index contributed by atoms with van der Waals surface area (Å²) in [5, 5.41) is 4.99. The fraction of sp³-hybridized carbons (Fsp3) is 0.385. The highest BCUT2D eigenvalue weighted by atomic mass is 16.5. The number of likely N-dealkylation sites (N-methyl/N-ethyl adjacent to an activating group) is 1. The van der Waals surface area contributed by atoms with Crippen LogP contribution < -0.4 is 10.6 Å². The van der Waals surface area contributed by atoms with Crippen molar-refractivity contribution >= 4 is 17.8 Å². The normalized spacial score (nSPS) is 11.3. The van der Waals surface area contributed by atoms with E-state index in [0.29, 0.717) is 6.54 Å². The summed E-state index contributed by atoms with van der Waals surface area (Å²) < 4.78 is 4.79. The molecule has 20 heavy (non-hydrogen) atoms. The molecular weight excluding hydrogens is 262 g/mol. The molecule has 0 fully saturated rings. The van der Waals surface area contributed by atoms with Crippen LogP contribution in [-0.4, -0.2) is 42.0 Å². The van der Waals surface area contributed by atoms with Gasteiger partial charge in [-0.1, -0.05) is 6.07 Å². The van der Waals surface area contributed by atoms with E-state index in [1.165, 1.54) is 12.3 Å². The lowest BCUT2D eigenvalue weighted by Gasteiger charge is -2.13. The number of nitrogens with one attached hydrogen (secondary N) is 2. The van der Waals surface area contributed by atoms with E-state index in [0.717, 1.165) is 0 Å². The Hall–Kier alpha value is -2.44. The molecule has 2 amide bonds. The number of carbonyl (C=O) groups is 3. The van der Waals surface area contributed by atoms with Crippen LogP contribution in [0.15, 0.2) is 24.4 Å². The van der Waals surface area contributed by atoms with Crippen LogP contribution in [0.5, 0.6) is 0 Å². The molecule has 0 saturated carbocycles. The van der Waals surface area contributed by atoms with Gasteiger partial charge in [0.05, 0.1) is 0 Å². The zero-order valence-electron chi connectivity index (χ0n) is 11.4. The van der Waals surface area contributed by atoms with E-state index < -0.39 is 24.5 Å². The second kappa shape index (κ2) is 7.88. The summed E-state index contributed by atoms with van der Waals surface area (Å²) in [5.74, 6) is -1.53. The molecule has 1 atom stereocenters. The van der Waals surface area contributed by atoms with Crippen molar-refractivity contribution in [1.29, 1.82) is 0 Å². The summed E-state index contributed by atoms with van der Waals surface area (Å²) in [6, 6.07) is 4.10. The number of aromatic nitrogens is 1. The first-order valence-corrected chi connectivity index (χ1v) is 6.19. The lowest BCUT2D eigenvalue weighted by Crippen LogP contribution is -2.46. The molecule has 0 aliphatic carbocycles. The molecule has 0 spiro atoms. The van der Waals surface area contributed by atoms with Gasteiger partial charge in [0.15, 0.2) is 6.61 Å². The van der Waals surface area contributed by atoms with E-state index in [2.05, 4.69) is 15.6 Å². The number of ether oxygens (including phenoxy) is 1. The summed E-state index contributed by atoms with van der Waals surface area (Å²) in [5.41, 5.74) is 0.122. The Morgan fingerprint density at radius 3 is 2.70 bits per heavy atom. The van der Waals surface area contributed by atoms with Crippen molar-refractivity contribution in [2.45, 2.75) is 19.9 Å². The average Bonchev–Trinajstić information content (AvgIpc) is 2.45. The Labute approximate surface area is 116 Å². The summed E-state index contributed by atoms with van der Waals surface area (Å²) >= 11 is 0. The Balaban J connectivity index is 2.37. The van der Waals surface area contributed by atoms with Crippen molar-refractivity contribution < 1.29 is 19.1 Å². The molecule has 0 aromatic carbocycles. The minimum absolute atomic E-state index is 0.122. The number of carbonyl (C=O) groups excluding carboxylic acids is 3. The summed E-state index contributed by atoms with van der Waals surface area (Å²) in [4.78, 5) is 38.2. The van der Waals surface area contributed by atoms with Gasteiger partial charge < -0.3 is 15.4 Å². The molecule has 0 aliphatic rings. The molecule has 0 unspecified atom stereocenters. The van der Waals surface area contributed by atoms with Gasteiger partial charge in [0.1, 0.15) is 11.7 Å². The van der Waals surface area contributed by atoms with Crippen molar-refractivity contribution in [2.24, 2.45) is 0 Å². The standard InChI is InChI=1S/C13H17N3O4/c1-3-14-12(18)9(2)16-11(17)8-20-13(19)10-6-4-5-7-15-10/h4-7,9H,3,8H2,1-2H3,(H,14,18)(H,16,17)/t9-/m0/s1. The van der Waals surface area contributed by atoms with Gasteiger partial charge >= 0.3 is 5.97 Å². The van der Waals surface area contributed by atoms with Crippen molar-refractivity contribution in [3.63, 3.8) is 0 Å². The van der Waals surface area contributed by atoms with Crippen LogP contribution in [0.25, 0.3) is 0 Å². The van der Waals surface area contributed by atoms with Gasteiger partial charge in [-0.05, 0) is 26.0 Å². The number of amides is 2. The molecule has 1 rings (SSSR count). The number of hydrogen-bond acceptors (Lipinski definition) is 5. The molecule has 0 bridgehead atoms. The van der Waals surface area contributed by atoms with E-state index in [1.807, 2.05) is 0 Å². The fourth-order valence-electron chi connectivity index (χ4n) is 1.36. The fourth-order valence-corrected chi connectivity index (χ4v) is 1.36. The number of esters is 1. The molecular formula is C13H17N3O4. The van der Waals surface area contributed by atoms with Crippen LogP contribution in [0.2, 0.25) is 0 Å². The lowest BCUT2D eigenvalue weighted by molar-refractivity contribution is -0.130. The molecule has 1 heterocycles. The van der Waals surface area contributed by atoms with Gasteiger partial charge in [0.25, 0.3) is 5.91 Å². The third-order valence-electron chi connectivity index (χ3n) is 2.33. The zero-order chi connectivity index (χ0) is 15.0. The van der Waals surface area contributed by atoms with Gasteiger partial charge in [-0.15, -0.1) is 0 Å². The monoisotopic (exact) mass is 279 g/mol. The van der Waals surface area contributed by atoms with Gasteiger partial charge in [0.2, 0.25) is 5.91 Å². The van der Waals surface area contributed by atoms with Gasteiger partial charge in [-0.2, -0.15) is 0 Å². The predicted molar refractivity (Wildman–Crippen MR) is 70.8 cm³/mol. The Morgan fingerprint density at radius 1 is 1.35 bits per heavy atom. The van der Waals surface area contributed by atoms with Gasteiger partial charge in [-0.25, -0.2) is 9.78 Å². The van der Waals surface area contributed by atoms with Crippen molar-refractivity contribution in [3.05, 3.63) is 30.1 Å². The van der Waals surface area contributed by atoms with Crippen molar-refractivity contribution in [2.75, 3.05) is 13.2 Å². The Bertz CT molecular complexity index is 476. The summed E-state index contributed by atoms with van der Waals surface area (Å²) in [7, 11) is 0. The minimum Gasteiger partial charge on any atom is -0.451 e. The zero-order valence-corrected chi connectivity index (χ0v) is 11.4. The van der Waals surface area contributed by atoms with Crippen molar-refractivity contribution in [1.82, 2.24) is 15.6 Å². The topological polar surface area (TPSA) is 97.4 Å². The highest BCUT2D eigenvalue weighted by molar-refractivity contribution is 5.91. The van der Waals surface area contributed by atoms with Crippen LogP contribution in [0.3, 0.4) is 0 Å². The smallest absolute Gasteiger partial charge is 0.357 e. The van der Waals surface area contributed by atoms with Gasteiger partial charge in [0, 0.05) is 12.7 Å². The molecule has 0 radical (unpaired) electrons. The highest BCUT2D eigenvalue weighted by Crippen LogP contribution is 1.96. The summed E-state index contributed by atoms with van der Waals surface area (Å²) in [6.07, 6.45) is 1.45. The Morgan fingerprint density at radius 2 is 2.10 bits per heavy atom. The molecule has 0 saturated heterocycles. The number of nitrogens with zero attached hydrogens (tertiary/aromatic N) is 1. The number of hydrogen-bond donors (Lipinski definition) is 2. The molecule has 7 nitrogen and oxygen atoms in total. The molecule has 7 heteroatoms. The maximum absolute atomic E-state index is 11.5. The summed E-state index contributed by atoms with van der Waals surface area (Å²) in [6.45, 7) is 3.34. The second-order valence-electron chi connectivity index (χ2n) is 3.97. The minimum atomic E-state index is -0.689. The number of rotatable bonds is 6. The molecule has 2 N–H and O–H groups in total. The molecule has 0 aliphatic heterocycles. The quantitative estimate of drug-likeness (QED) is 0.707. The third kappa shape index (κ3) is 5.05. The van der Waals surface area contributed by atoms with E-state index in [4.69, 9.17) is 4.74 Å². The van der Waals surface area contributed by atoms with E-state index in [9.17, 15) is 14.4 Å². The first-order chi connectivity index (χ1) is 9.54. The maximum Gasteiger partial charge on any atom is 0.357 e. The van der Waals surface area contributed by atoms with Crippen LogP contribution in [0, 0.1) is 0 Å². The van der Waals surface area contributed by atoms with Crippen molar-refractivity contribution in [3.8, 4) is 0 Å². The second-order valence-corrected chi connectivity index (χ2v) is 3.97. The maximum atomic E-state index is 11.5. The lowest BCUT2D eigenvalue weighted by atomic mass is 10.3. The van der Waals surface area contributed by atoms with Crippen LogP contribution in [0.1, 0.15) is 24.3 Å². The Kier molecular flexibility index (Phi) is 6.15. The third-order valence-corrected chi connectivity index (χ3v) is 2.33. The first-order valence-electron chi connectivity index (χ1n) is 6.19. The molecule has 108 valence electrons. The largest absolute Gasteiger partial charge is 0.451 e. The van der Waals surface area contributed by atoms with Gasteiger partial charge in [-0.3, -0.25) is 9.59 Å². The van der Waals surface area contributed by atoms with Crippen LogP contribution >= 0.6 is 0 Å². The number of pyridine rings is 1. The highest BCUT2D eigenvalue weighted by Gasteiger charge is 2.16. The van der Waals surface area contributed by atoms with E-state index in [1.54, 1.807) is 26.0 Å².